The van der Waals surface area contributed by atoms with E-state index < -0.39 is 5.60 Å². The monoisotopic (exact) mass is 274 g/mol. The van der Waals surface area contributed by atoms with Gasteiger partial charge in [0.25, 0.3) is 0 Å². The number of fused-ring (bicyclic) bond motifs is 1. The Bertz CT molecular complexity index is 591. The lowest BCUT2D eigenvalue weighted by Crippen LogP contribution is -2.23. The third-order valence-electron chi connectivity index (χ3n) is 2.82. The van der Waals surface area contributed by atoms with Crippen molar-refractivity contribution in [3.8, 4) is 0 Å². The zero-order valence-electron chi connectivity index (χ0n) is 12.1. The molecule has 0 aromatic heterocycles. The van der Waals surface area contributed by atoms with E-state index in [9.17, 15) is 9.59 Å². The molecule has 0 saturated carbocycles. The molecule has 1 aromatic carbocycles. The van der Waals surface area contributed by atoms with Crippen molar-refractivity contribution >= 4 is 17.7 Å². The van der Waals surface area contributed by atoms with E-state index in [4.69, 9.17) is 9.47 Å². The second kappa shape index (κ2) is 5.12. The van der Waals surface area contributed by atoms with E-state index in [0.717, 1.165) is 11.1 Å². The molecule has 0 unspecified atom stereocenters. The highest BCUT2D eigenvalue weighted by Gasteiger charge is 2.28. The first-order chi connectivity index (χ1) is 9.28. The predicted octanol–water partition coefficient (Wildman–Crippen LogP) is 3.24. The molecule has 4 nitrogen and oxygen atoms in total. The number of hydrogen-bond acceptors (Lipinski definition) is 4. The third-order valence-corrected chi connectivity index (χ3v) is 2.82. The molecular weight excluding hydrogens is 256 g/mol. The lowest BCUT2D eigenvalue weighted by molar-refractivity contribution is -0.153. The molecule has 20 heavy (non-hydrogen) atoms. The molecular formula is C16H18O4. The van der Waals surface area contributed by atoms with E-state index in [1.807, 2.05) is 45.9 Å². The molecule has 1 heterocycles. The van der Waals surface area contributed by atoms with Gasteiger partial charge in [0, 0.05) is 5.56 Å². The predicted molar refractivity (Wildman–Crippen MR) is 75.0 cm³/mol. The van der Waals surface area contributed by atoms with Crippen LogP contribution in [-0.2, 0) is 14.3 Å². The van der Waals surface area contributed by atoms with Gasteiger partial charge in [0.2, 0.25) is 0 Å². The maximum absolute atomic E-state index is 11.8. The Labute approximate surface area is 118 Å². The minimum atomic E-state index is -0.517. The number of ether oxygens (including phenoxy) is 2. The second-order valence-corrected chi connectivity index (χ2v) is 5.75. The first kappa shape index (κ1) is 14.3. The van der Waals surface area contributed by atoms with Crippen LogP contribution in [0.3, 0.4) is 0 Å². The van der Waals surface area contributed by atoms with Gasteiger partial charge < -0.3 is 9.47 Å². The highest BCUT2D eigenvalue weighted by atomic mass is 16.6. The number of carbonyl (C=O) groups excluding carboxylic acids is 2. The Morgan fingerprint density at radius 1 is 1.35 bits per heavy atom. The second-order valence-electron chi connectivity index (χ2n) is 5.75. The Balaban J connectivity index is 2.17. The molecule has 0 amide bonds. The minimum Gasteiger partial charge on any atom is -0.460 e. The summed E-state index contributed by atoms with van der Waals surface area (Å²) in [6, 6.07) is 5.53. The largest absolute Gasteiger partial charge is 0.460 e. The summed E-state index contributed by atoms with van der Waals surface area (Å²) in [6.45, 7) is 7.29. The Morgan fingerprint density at radius 2 is 2.05 bits per heavy atom. The van der Waals surface area contributed by atoms with E-state index in [1.54, 1.807) is 6.08 Å². The lowest BCUT2D eigenvalue weighted by Gasteiger charge is -2.18. The fourth-order valence-corrected chi connectivity index (χ4v) is 2.06. The molecule has 1 aliphatic rings. The minimum absolute atomic E-state index is 0.0767. The van der Waals surface area contributed by atoms with Crippen LogP contribution in [0.15, 0.2) is 24.3 Å². The van der Waals surface area contributed by atoms with E-state index >= 15 is 0 Å². The van der Waals surface area contributed by atoms with Crippen LogP contribution in [0.4, 0.5) is 0 Å². The van der Waals surface area contributed by atoms with E-state index in [2.05, 4.69) is 0 Å². The molecule has 0 bridgehead atoms. The van der Waals surface area contributed by atoms with Gasteiger partial charge in [0.1, 0.15) is 11.4 Å². The summed E-state index contributed by atoms with van der Waals surface area (Å²) < 4.78 is 10.4. The Hall–Kier alpha value is -2.10. The van der Waals surface area contributed by atoms with Gasteiger partial charge in [0.15, 0.2) is 0 Å². The van der Waals surface area contributed by atoms with Crippen molar-refractivity contribution in [3.05, 3.63) is 41.0 Å². The number of cyclic esters (lactones) is 1. The number of hydrogen-bond donors (Lipinski definition) is 0. The molecule has 0 atom stereocenters. The van der Waals surface area contributed by atoms with Gasteiger partial charge in [0.05, 0.1) is 12.0 Å². The van der Waals surface area contributed by atoms with Gasteiger partial charge in [-0.2, -0.15) is 0 Å². The summed E-state index contributed by atoms with van der Waals surface area (Å²) in [5, 5.41) is 0. The third kappa shape index (κ3) is 3.07. The lowest BCUT2D eigenvalue weighted by atomic mass is 10.0. The highest BCUT2D eigenvalue weighted by molar-refractivity contribution is 6.04. The molecule has 106 valence electrons. The fourth-order valence-electron chi connectivity index (χ4n) is 2.06. The fraction of sp³-hybridized carbons (Fsp3) is 0.375. The van der Waals surface area contributed by atoms with Gasteiger partial charge in [-0.25, -0.2) is 4.79 Å². The van der Waals surface area contributed by atoms with Crippen molar-refractivity contribution < 1.29 is 19.1 Å². The van der Waals surface area contributed by atoms with E-state index in [-0.39, 0.29) is 18.4 Å². The number of rotatable bonds is 2. The van der Waals surface area contributed by atoms with Crippen LogP contribution in [0, 0.1) is 6.92 Å². The van der Waals surface area contributed by atoms with Crippen LogP contribution in [0.5, 0.6) is 0 Å². The first-order valence-corrected chi connectivity index (χ1v) is 6.52. The topological polar surface area (TPSA) is 52.6 Å². The maximum atomic E-state index is 11.8. The molecule has 2 rings (SSSR count). The molecule has 0 fully saturated rings. The Kier molecular flexibility index (Phi) is 3.66. The smallest absolute Gasteiger partial charge is 0.344 e. The molecule has 0 radical (unpaired) electrons. The number of esters is 2. The average Bonchev–Trinajstić information content (AvgIpc) is 2.63. The van der Waals surface area contributed by atoms with Gasteiger partial charge in [-0.05, 0) is 39.3 Å². The van der Waals surface area contributed by atoms with E-state index in [1.165, 1.54) is 0 Å². The van der Waals surface area contributed by atoms with Crippen LogP contribution in [0.1, 0.15) is 48.7 Å². The summed E-state index contributed by atoms with van der Waals surface area (Å²) in [7, 11) is 0. The van der Waals surface area contributed by atoms with Crippen molar-refractivity contribution in [2.45, 2.75) is 39.7 Å². The zero-order chi connectivity index (χ0) is 14.9. The van der Waals surface area contributed by atoms with E-state index in [0.29, 0.717) is 11.3 Å². The first-order valence-electron chi connectivity index (χ1n) is 6.52. The van der Waals surface area contributed by atoms with Crippen LogP contribution in [0.25, 0.3) is 5.76 Å². The SMILES string of the molecule is Cc1cccc2c1C(=O)O/C2=C/CC(=O)OC(C)(C)C. The van der Waals surface area contributed by atoms with Gasteiger partial charge in [-0.3, -0.25) is 4.79 Å². The number of benzene rings is 1. The van der Waals surface area contributed by atoms with Gasteiger partial charge in [-0.1, -0.05) is 18.2 Å². The van der Waals surface area contributed by atoms with Gasteiger partial charge in [-0.15, -0.1) is 0 Å². The number of aryl methyl sites for hydroxylation is 1. The van der Waals surface area contributed by atoms with Crippen LogP contribution >= 0.6 is 0 Å². The summed E-state index contributed by atoms with van der Waals surface area (Å²) in [6.07, 6.45) is 1.67. The van der Waals surface area contributed by atoms with Crippen molar-refractivity contribution in [2.75, 3.05) is 0 Å². The van der Waals surface area contributed by atoms with Crippen molar-refractivity contribution in [1.29, 1.82) is 0 Å². The summed E-state index contributed by atoms with van der Waals surface area (Å²) in [4.78, 5) is 23.5. The summed E-state index contributed by atoms with van der Waals surface area (Å²) in [5.41, 5.74) is 1.66. The van der Waals surface area contributed by atoms with Crippen molar-refractivity contribution in [1.82, 2.24) is 0 Å². The molecule has 1 aliphatic heterocycles. The normalized spacial score (nSPS) is 16.0. The maximum Gasteiger partial charge on any atom is 0.344 e. The summed E-state index contributed by atoms with van der Waals surface area (Å²) in [5.74, 6) is -0.282. The van der Waals surface area contributed by atoms with Crippen LogP contribution in [0.2, 0.25) is 0 Å². The Morgan fingerprint density at radius 3 is 2.70 bits per heavy atom. The van der Waals surface area contributed by atoms with Gasteiger partial charge >= 0.3 is 11.9 Å². The molecule has 0 saturated heterocycles. The average molecular weight is 274 g/mol. The number of carbonyl (C=O) groups is 2. The summed E-state index contributed by atoms with van der Waals surface area (Å²) >= 11 is 0. The molecule has 1 aromatic rings. The molecule has 4 heteroatoms. The highest BCUT2D eigenvalue weighted by Crippen LogP contribution is 2.32. The van der Waals surface area contributed by atoms with Crippen molar-refractivity contribution in [3.63, 3.8) is 0 Å². The quantitative estimate of drug-likeness (QED) is 0.777. The standard InChI is InChI=1S/C16H18O4/c1-10-6-5-7-11-12(19-15(18)14(10)11)8-9-13(17)20-16(2,3)4/h5-8H,9H2,1-4H3/b12-8+. The molecule has 0 spiro atoms. The zero-order valence-corrected chi connectivity index (χ0v) is 12.1. The molecule has 0 N–H and O–H groups in total. The van der Waals surface area contributed by atoms with Crippen LogP contribution < -0.4 is 0 Å². The van der Waals surface area contributed by atoms with Crippen LogP contribution in [-0.4, -0.2) is 17.5 Å². The molecule has 0 aliphatic carbocycles. The van der Waals surface area contributed by atoms with Crippen molar-refractivity contribution in [2.24, 2.45) is 0 Å².